The third-order valence-electron chi connectivity index (χ3n) is 5.45. The lowest BCUT2D eigenvalue weighted by molar-refractivity contribution is 0.154. The number of benzene rings is 1. The van der Waals surface area contributed by atoms with E-state index in [-0.39, 0.29) is 25.2 Å². The van der Waals surface area contributed by atoms with Gasteiger partial charge in [0.05, 0.1) is 6.61 Å². The Morgan fingerprint density at radius 3 is 2.54 bits per heavy atom. The predicted octanol–water partition coefficient (Wildman–Crippen LogP) is 3.63. The molecule has 12 heteroatoms. The van der Waals surface area contributed by atoms with Crippen molar-refractivity contribution < 1.29 is 18.3 Å². The Kier molecular flexibility index (Phi) is 9.96. The summed E-state index contributed by atoms with van der Waals surface area (Å²) < 4.78 is 35.4. The van der Waals surface area contributed by atoms with Crippen LogP contribution < -0.4 is 9.62 Å². The molecule has 2 heterocycles. The van der Waals surface area contributed by atoms with Gasteiger partial charge in [-0.15, -0.1) is 0 Å². The van der Waals surface area contributed by atoms with Gasteiger partial charge in [0.2, 0.25) is 0 Å². The van der Waals surface area contributed by atoms with Gasteiger partial charge < -0.3 is 15.2 Å². The van der Waals surface area contributed by atoms with Crippen molar-refractivity contribution in [2.45, 2.75) is 56.0 Å². The number of aliphatic hydroxyl groups is 1. The van der Waals surface area contributed by atoms with Gasteiger partial charge in [0.15, 0.2) is 11.0 Å². The fourth-order valence-electron chi connectivity index (χ4n) is 3.13. The number of aliphatic hydroxyl groups excluding tert-OH is 1. The maximum atomic E-state index is 13.4. The minimum Gasteiger partial charge on any atom is -0.394 e. The number of nitrogens with zero attached hydrogens (tertiary/aromatic N) is 4. The second kappa shape index (κ2) is 12.5. The molecule has 0 bridgehead atoms. The van der Waals surface area contributed by atoms with Crippen molar-refractivity contribution in [2.75, 3.05) is 42.7 Å². The van der Waals surface area contributed by atoms with E-state index in [2.05, 4.69) is 34.9 Å². The van der Waals surface area contributed by atoms with Crippen LogP contribution in [0.2, 0.25) is 25.7 Å². The van der Waals surface area contributed by atoms with Crippen LogP contribution in [0.25, 0.3) is 0 Å². The molecule has 9 nitrogen and oxygen atoms in total. The molecule has 1 saturated heterocycles. The van der Waals surface area contributed by atoms with E-state index in [1.807, 2.05) is 37.3 Å². The van der Waals surface area contributed by atoms with Gasteiger partial charge in [-0.05, 0) is 25.0 Å². The van der Waals surface area contributed by atoms with Gasteiger partial charge >= 0.3 is 10.2 Å². The quantitative estimate of drug-likeness (QED) is 0.123. The first-order valence-electron chi connectivity index (χ1n) is 11.9. The van der Waals surface area contributed by atoms with Crippen LogP contribution in [0.3, 0.4) is 0 Å². The number of nitrogens with one attached hydrogen (secondary N) is 1. The van der Waals surface area contributed by atoms with Gasteiger partial charge in [0.25, 0.3) is 0 Å². The summed E-state index contributed by atoms with van der Waals surface area (Å²) in [5.41, 5.74) is 1.12. The molecule has 0 amide bonds. The van der Waals surface area contributed by atoms with Gasteiger partial charge in [0.1, 0.15) is 12.5 Å². The standard InChI is InChI=1S/C23H37N5O4S2Si/c1-19(16-29)24-21-15-22(26-23(25-21)33-17-20-9-6-5-7-10-20)28(18-32-13-14-35(2,3)4)34(30,31)27-11-8-12-27/h5-7,9-10,15,19,29H,8,11-14,16-18H2,1-4H3,(H,24,25,26)/t19-/m1/s1. The number of hydrogen-bond acceptors (Lipinski definition) is 8. The molecule has 1 aliphatic rings. The summed E-state index contributed by atoms with van der Waals surface area (Å²) in [7, 11) is -5.11. The van der Waals surface area contributed by atoms with Crippen LogP contribution >= 0.6 is 11.8 Å². The van der Waals surface area contributed by atoms with Gasteiger partial charge in [-0.3, -0.25) is 0 Å². The van der Waals surface area contributed by atoms with Crippen LogP contribution in [0.4, 0.5) is 11.6 Å². The average Bonchev–Trinajstić information content (AvgIpc) is 2.75. The fourth-order valence-corrected chi connectivity index (χ4v) is 6.24. The van der Waals surface area contributed by atoms with E-state index in [1.54, 1.807) is 6.07 Å². The Morgan fingerprint density at radius 2 is 1.94 bits per heavy atom. The molecule has 35 heavy (non-hydrogen) atoms. The van der Waals surface area contributed by atoms with Gasteiger partial charge in [-0.25, -0.2) is 14.3 Å². The minimum atomic E-state index is -3.79. The summed E-state index contributed by atoms with van der Waals surface area (Å²) in [4.78, 5) is 9.18. The maximum Gasteiger partial charge on any atom is 0.307 e. The summed E-state index contributed by atoms with van der Waals surface area (Å²) in [6.45, 7) is 9.87. The lowest BCUT2D eigenvalue weighted by atomic mass is 10.2. The van der Waals surface area contributed by atoms with E-state index < -0.39 is 18.3 Å². The molecule has 0 radical (unpaired) electrons. The molecule has 1 fully saturated rings. The highest BCUT2D eigenvalue weighted by atomic mass is 32.2. The molecule has 0 saturated carbocycles. The Morgan fingerprint density at radius 1 is 1.23 bits per heavy atom. The number of anilines is 2. The first kappa shape index (κ1) is 27.9. The van der Waals surface area contributed by atoms with Crippen LogP contribution in [0.15, 0.2) is 41.6 Å². The van der Waals surface area contributed by atoms with Crippen molar-refractivity contribution in [3.05, 3.63) is 42.0 Å². The summed E-state index contributed by atoms with van der Waals surface area (Å²) in [5, 5.41) is 13.1. The van der Waals surface area contributed by atoms with Gasteiger partial charge in [0, 0.05) is 45.6 Å². The van der Waals surface area contributed by atoms with Crippen molar-refractivity contribution in [1.82, 2.24) is 14.3 Å². The van der Waals surface area contributed by atoms with Crippen molar-refractivity contribution in [3.63, 3.8) is 0 Å². The predicted molar refractivity (Wildman–Crippen MR) is 145 cm³/mol. The van der Waals surface area contributed by atoms with Crippen LogP contribution in [0.5, 0.6) is 0 Å². The van der Waals surface area contributed by atoms with Crippen LogP contribution in [-0.4, -0.2) is 74.9 Å². The third kappa shape index (κ3) is 8.43. The summed E-state index contributed by atoms with van der Waals surface area (Å²) >= 11 is 1.43. The number of aromatic nitrogens is 2. The van der Waals surface area contributed by atoms with Crippen molar-refractivity contribution in [1.29, 1.82) is 0 Å². The summed E-state index contributed by atoms with van der Waals surface area (Å²) in [6, 6.07) is 12.3. The number of ether oxygens (including phenoxy) is 1. The molecule has 3 rings (SSSR count). The molecule has 2 N–H and O–H groups in total. The van der Waals surface area contributed by atoms with Crippen molar-refractivity contribution >= 4 is 41.7 Å². The number of rotatable bonds is 14. The third-order valence-corrected chi connectivity index (χ3v) is 9.94. The van der Waals surface area contributed by atoms with E-state index in [0.717, 1.165) is 18.0 Å². The summed E-state index contributed by atoms with van der Waals surface area (Å²) in [6.07, 6.45) is 0.840. The van der Waals surface area contributed by atoms with Crippen LogP contribution in [0.1, 0.15) is 18.9 Å². The van der Waals surface area contributed by atoms with Gasteiger partial charge in [-0.1, -0.05) is 61.7 Å². The number of thioether (sulfide) groups is 1. The van der Waals surface area contributed by atoms with E-state index in [4.69, 9.17) is 4.74 Å². The average molecular weight is 540 g/mol. The van der Waals surface area contributed by atoms with Gasteiger partial charge in [-0.2, -0.15) is 12.7 Å². The van der Waals surface area contributed by atoms with E-state index in [1.165, 1.54) is 20.4 Å². The van der Waals surface area contributed by atoms with E-state index in [0.29, 0.717) is 36.4 Å². The Labute approximate surface area is 214 Å². The molecule has 2 aromatic rings. The molecule has 0 aliphatic carbocycles. The van der Waals surface area contributed by atoms with Crippen molar-refractivity contribution in [2.24, 2.45) is 0 Å². The largest absolute Gasteiger partial charge is 0.394 e. The van der Waals surface area contributed by atoms with Crippen LogP contribution in [-0.2, 0) is 20.7 Å². The highest BCUT2D eigenvalue weighted by molar-refractivity contribution is 7.98. The maximum absolute atomic E-state index is 13.4. The number of hydrogen-bond donors (Lipinski definition) is 2. The Hall–Kier alpha value is -1.70. The smallest absolute Gasteiger partial charge is 0.307 e. The van der Waals surface area contributed by atoms with Crippen LogP contribution in [0, 0.1) is 0 Å². The molecule has 1 aromatic heterocycles. The first-order valence-corrected chi connectivity index (χ1v) is 18.0. The Balaban J connectivity index is 1.89. The zero-order valence-corrected chi connectivity index (χ0v) is 23.6. The first-order chi connectivity index (χ1) is 16.6. The Bertz CT molecular complexity index is 1050. The summed E-state index contributed by atoms with van der Waals surface area (Å²) in [5.74, 6) is 1.35. The topological polar surface area (TPSA) is 108 Å². The SMILES string of the molecule is C[C@H](CO)Nc1cc(N(COCC[Si](C)(C)C)S(=O)(=O)N2CCC2)nc(SCc2ccccc2)n1. The normalized spacial score (nSPS) is 15.5. The lowest BCUT2D eigenvalue weighted by Gasteiger charge is -2.35. The molecule has 0 spiro atoms. The molecular formula is C23H37N5O4S2Si. The van der Waals surface area contributed by atoms with E-state index in [9.17, 15) is 13.5 Å². The molecule has 0 unspecified atom stereocenters. The fraction of sp³-hybridized carbons (Fsp3) is 0.565. The molecular weight excluding hydrogens is 503 g/mol. The zero-order valence-electron chi connectivity index (χ0n) is 21.0. The zero-order chi connectivity index (χ0) is 25.5. The molecule has 1 aliphatic heterocycles. The lowest BCUT2D eigenvalue weighted by Crippen LogP contribution is -2.51. The van der Waals surface area contributed by atoms with Crippen molar-refractivity contribution in [3.8, 4) is 0 Å². The molecule has 194 valence electrons. The highest BCUT2D eigenvalue weighted by Gasteiger charge is 2.35. The second-order valence-electron chi connectivity index (χ2n) is 9.85. The highest BCUT2D eigenvalue weighted by Crippen LogP contribution is 2.28. The molecule has 1 atom stereocenters. The second-order valence-corrected chi connectivity index (χ2v) is 18.3. The monoisotopic (exact) mass is 539 g/mol. The minimum absolute atomic E-state index is 0.0819. The molecule has 1 aromatic carbocycles. The van der Waals surface area contributed by atoms with E-state index >= 15 is 0 Å².